The lowest BCUT2D eigenvalue weighted by atomic mass is 9.71. The van der Waals surface area contributed by atoms with Crippen LogP contribution in [0.15, 0.2) is 12.2 Å². The molecule has 0 spiro atoms. The molecular formula is C20H28O2. The third-order valence-electron chi connectivity index (χ3n) is 8.07. The maximum Gasteiger partial charge on any atom is 0.310 e. The average molecular weight is 300 g/mol. The van der Waals surface area contributed by atoms with Gasteiger partial charge in [-0.15, -0.1) is 0 Å². The monoisotopic (exact) mass is 300 g/mol. The molecule has 5 rings (SSSR count). The van der Waals surface area contributed by atoms with E-state index in [0.717, 1.165) is 37.0 Å². The molecule has 0 heterocycles. The molecule has 5 aliphatic carbocycles. The zero-order valence-corrected chi connectivity index (χ0v) is 13.7. The van der Waals surface area contributed by atoms with Gasteiger partial charge in [-0.25, -0.2) is 0 Å². The molecule has 0 N–H and O–H groups in total. The van der Waals surface area contributed by atoms with Gasteiger partial charge in [-0.3, -0.25) is 4.79 Å². The predicted molar refractivity (Wildman–Crippen MR) is 85.0 cm³/mol. The first-order chi connectivity index (χ1) is 10.7. The molecule has 120 valence electrons. The summed E-state index contributed by atoms with van der Waals surface area (Å²) in [5.41, 5.74) is -0.0984. The van der Waals surface area contributed by atoms with Gasteiger partial charge in [0.25, 0.3) is 0 Å². The minimum absolute atomic E-state index is 0.0984. The zero-order chi connectivity index (χ0) is 14.9. The van der Waals surface area contributed by atoms with Gasteiger partial charge < -0.3 is 4.74 Å². The van der Waals surface area contributed by atoms with E-state index >= 15 is 0 Å². The van der Waals surface area contributed by atoms with Crippen LogP contribution in [0.25, 0.3) is 0 Å². The summed E-state index contributed by atoms with van der Waals surface area (Å²) in [4.78, 5) is 12.9. The summed E-state index contributed by atoms with van der Waals surface area (Å²) in [6.45, 7) is 2.25. The normalized spacial score (nSPS) is 54.1. The first-order valence-corrected chi connectivity index (χ1v) is 9.61. The Bertz CT molecular complexity index is 524. The third-order valence-corrected chi connectivity index (χ3v) is 8.07. The molecule has 2 heteroatoms. The van der Waals surface area contributed by atoms with Gasteiger partial charge in [0.1, 0.15) is 5.60 Å². The summed E-state index contributed by atoms with van der Waals surface area (Å²) in [5, 5.41) is 0. The summed E-state index contributed by atoms with van der Waals surface area (Å²) >= 11 is 0. The van der Waals surface area contributed by atoms with Crippen LogP contribution < -0.4 is 0 Å². The highest BCUT2D eigenvalue weighted by Gasteiger charge is 2.62. The molecule has 0 saturated heterocycles. The van der Waals surface area contributed by atoms with Crippen LogP contribution in [0.5, 0.6) is 0 Å². The predicted octanol–water partition coefficient (Wildman–Crippen LogP) is 4.35. The van der Waals surface area contributed by atoms with Crippen molar-refractivity contribution in [2.45, 2.75) is 63.9 Å². The maximum atomic E-state index is 12.9. The first kappa shape index (κ1) is 13.6. The lowest BCUT2D eigenvalue weighted by Gasteiger charge is -2.42. The first-order valence-electron chi connectivity index (χ1n) is 9.61. The van der Waals surface area contributed by atoms with E-state index in [1.807, 2.05) is 0 Å². The lowest BCUT2D eigenvalue weighted by Crippen LogP contribution is -2.46. The van der Waals surface area contributed by atoms with Gasteiger partial charge in [-0.05, 0) is 74.5 Å². The molecule has 0 aromatic rings. The van der Waals surface area contributed by atoms with E-state index in [0.29, 0.717) is 17.8 Å². The van der Waals surface area contributed by atoms with Crippen LogP contribution in [-0.4, -0.2) is 11.6 Å². The van der Waals surface area contributed by atoms with Gasteiger partial charge >= 0.3 is 5.97 Å². The quantitative estimate of drug-likeness (QED) is 0.572. The fraction of sp³-hybridized carbons (Fsp3) is 0.850. The number of hydrogen-bond acceptors (Lipinski definition) is 2. The van der Waals surface area contributed by atoms with Crippen molar-refractivity contribution in [2.24, 2.45) is 41.4 Å². The Morgan fingerprint density at radius 1 is 1.18 bits per heavy atom. The number of hydrogen-bond donors (Lipinski definition) is 0. The lowest BCUT2D eigenvalue weighted by molar-refractivity contribution is -0.176. The number of allylic oxidation sites excluding steroid dienone is 2. The summed E-state index contributed by atoms with van der Waals surface area (Å²) in [6.07, 6.45) is 14.6. The van der Waals surface area contributed by atoms with E-state index in [2.05, 4.69) is 19.1 Å². The van der Waals surface area contributed by atoms with Crippen LogP contribution in [0.3, 0.4) is 0 Å². The molecule has 0 aromatic carbocycles. The third kappa shape index (κ3) is 1.70. The zero-order valence-electron chi connectivity index (χ0n) is 13.7. The summed E-state index contributed by atoms with van der Waals surface area (Å²) in [7, 11) is 0. The molecule has 8 atom stereocenters. The van der Waals surface area contributed by atoms with Crippen molar-refractivity contribution in [2.75, 3.05) is 0 Å². The van der Waals surface area contributed by atoms with E-state index in [-0.39, 0.29) is 17.5 Å². The molecule has 2 nitrogen and oxygen atoms in total. The van der Waals surface area contributed by atoms with Crippen molar-refractivity contribution < 1.29 is 9.53 Å². The number of carbonyl (C=O) groups is 1. The van der Waals surface area contributed by atoms with E-state index < -0.39 is 0 Å². The van der Waals surface area contributed by atoms with E-state index in [1.54, 1.807) is 0 Å². The topological polar surface area (TPSA) is 26.3 Å². The molecule has 4 fully saturated rings. The molecule has 5 aliphatic rings. The van der Waals surface area contributed by atoms with Crippen LogP contribution in [0.4, 0.5) is 0 Å². The molecular weight excluding hydrogens is 272 g/mol. The summed E-state index contributed by atoms with van der Waals surface area (Å²) in [6, 6.07) is 0. The van der Waals surface area contributed by atoms with Crippen LogP contribution in [0, 0.1) is 41.4 Å². The van der Waals surface area contributed by atoms with Gasteiger partial charge in [0.2, 0.25) is 0 Å². The van der Waals surface area contributed by atoms with Crippen molar-refractivity contribution >= 4 is 5.97 Å². The van der Waals surface area contributed by atoms with E-state index in [1.165, 1.54) is 32.1 Å². The molecule has 8 unspecified atom stereocenters. The Labute approximate surface area is 133 Å². The second-order valence-electron chi connectivity index (χ2n) is 8.79. The molecule has 0 amide bonds. The average Bonchev–Trinajstić information content (AvgIpc) is 3.29. The molecule has 0 radical (unpaired) electrons. The Morgan fingerprint density at radius 3 is 2.77 bits per heavy atom. The minimum Gasteiger partial charge on any atom is -0.459 e. The van der Waals surface area contributed by atoms with Crippen LogP contribution >= 0.6 is 0 Å². The SMILES string of the molecule is CCC1(OC(=O)C2CC3C=CC2C3)CC2CC1C1CCCC21. The summed E-state index contributed by atoms with van der Waals surface area (Å²) in [5.74, 6) is 4.79. The number of carbonyl (C=O) groups excluding carboxylic acids is 1. The Kier molecular flexibility index (Phi) is 2.86. The maximum absolute atomic E-state index is 12.9. The highest BCUT2D eigenvalue weighted by Crippen LogP contribution is 2.64. The van der Waals surface area contributed by atoms with Crippen molar-refractivity contribution in [3.8, 4) is 0 Å². The fourth-order valence-electron chi connectivity index (χ4n) is 7.14. The van der Waals surface area contributed by atoms with Crippen molar-refractivity contribution in [3.63, 3.8) is 0 Å². The van der Waals surface area contributed by atoms with Gasteiger partial charge in [-0.1, -0.05) is 25.5 Å². The van der Waals surface area contributed by atoms with Crippen LogP contribution in [0.2, 0.25) is 0 Å². The standard InChI is InChI=1S/C20H28O2/c1-2-20(11-14-10-18(20)16-5-3-4-15(14)16)22-19(21)17-9-12-6-7-13(17)8-12/h6-7,12-18H,2-5,8-11H2,1H3. The van der Waals surface area contributed by atoms with Crippen LogP contribution in [-0.2, 0) is 9.53 Å². The largest absolute Gasteiger partial charge is 0.459 e. The smallest absolute Gasteiger partial charge is 0.310 e. The minimum atomic E-state index is -0.0984. The number of rotatable bonds is 3. The molecule has 22 heavy (non-hydrogen) atoms. The molecule has 4 saturated carbocycles. The van der Waals surface area contributed by atoms with Crippen molar-refractivity contribution in [1.29, 1.82) is 0 Å². The van der Waals surface area contributed by atoms with Gasteiger partial charge in [-0.2, -0.15) is 0 Å². The van der Waals surface area contributed by atoms with E-state index in [9.17, 15) is 4.79 Å². The molecule has 0 aliphatic heterocycles. The molecule has 0 aromatic heterocycles. The second kappa shape index (κ2) is 4.61. The highest BCUT2D eigenvalue weighted by molar-refractivity contribution is 5.74. The van der Waals surface area contributed by atoms with E-state index in [4.69, 9.17) is 4.74 Å². The van der Waals surface area contributed by atoms with Crippen molar-refractivity contribution in [3.05, 3.63) is 12.2 Å². The highest BCUT2D eigenvalue weighted by atomic mass is 16.6. The molecule has 4 bridgehead atoms. The second-order valence-corrected chi connectivity index (χ2v) is 8.79. The number of esters is 1. The number of ether oxygens (including phenoxy) is 1. The van der Waals surface area contributed by atoms with Crippen molar-refractivity contribution in [1.82, 2.24) is 0 Å². The van der Waals surface area contributed by atoms with Gasteiger partial charge in [0.05, 0.1) is 5.92 Å². The number of fused-ring (bicyclic) bond motifs is 7. The van der Waals surface area contributed by atoms with Gasteiger partial charge in [0.15, 0.2) is 0 Å². The van der Waals surface area contributed by atoms with Crippen LogP contribution in [0.1, 0.15) is 58.3 Å². The fourth-order valence-corrected chi connectivity index (χ4v) is 7.14. The Morgan fingerprint density at radius 2 is 2.05 bits per heavy atom. The summed E-state index contributed by atoms with van der Waals surface area (Å²) < 4.78 is 6.35. The van der Waals surface area contributed by atoms with Gasteiger partial charge in [0, 0.05) is 5.92 Å². The Balaban J connectivity index is 1.35. The Hall–Kier alpha value is -0.790.